The largest absolute Gasteiger partial charge is 0.396 e. The van der Waals surface area contributed by atoms with E-state index in [4.69, 9.17) is 5.73 Å². The quantitative estimate of drug-likeness (QED) is 0.696. The minimum Gasteiger partial charge on any atom is -0.396 e. The van der Waals surface area contributed by atoms with Gasteiger partial charge >= 0.3 is 0 Å². The molecule has 0 atom stereocenters. The molecule has 2 rings (SSSR count). The van der Waals surface area contributed by atoms with E-state index in [1.807, 2.05) is 12.1 Å². The molecule has 1 aromatic rings. The van der Waals surface area contributed by atoms with Crippen LogP contribution in [0.4, 0.5) is 11.5 Å². The molecule has 20 heavy (non-hydrogen) atoms. The maximum atomic E-state index is 11.9. The fraction of sp³-hybridized carbons (Fsp3) is 0.600. The van der Waals surface area contributed by atoms with Gasteiger partial charge in [0.2, 0.25) is 5.91 Å². The predicted octanol–water partition coefficient (Wildman–Crippen LogP) is 2.16. The number of hydrogen-bond donors (Lipinski definition) is 3. The van der Waals surface area contributed by atoms with E-state index < -0.39 is 0 Å². The average Bonchev–Trinajstić information content (AvgIpc) is 2.49. The van der Waals surface area contributed by atoms with Crippen molar-refractivity contribution in [1.82, 2.24) is 10.3 Å². The first-order valence-electron chi connectivity index (χ1n) is 7.49. The highest BCUT2D eigenvalue weighted by Gasteiger charge is 2.20. The zero-order valence-corrected chi connectivity index (χ0v) is 11.9. The van der Waals surface area contributed by atoms with E-state index in [1.165, 1.54) is 19.3 Å². The van der Waals surface area contributed by atoms with Crippen LogP contribution in [0.2, 0.25) is 0 Å². The Morgan fingerprint density at radius 1 is 1.30 bits per heavy atom. The van der Waals surface area contributed by atoms with Gasteiger partial charge in [-0.25, -0.2) is 4.98 Å². The fourth-order valence-corrected chi connectivity index (χ4v) is 2.58. The van der Waals surface area contributed by atoms with Gasteiger partial charge in [-0.05, 0) is 31.4 Å². The van der Waals surface area contributed by atoms with Crippen molar-refractivity contribution in [1.29, 1.82) is 0 Å². The van der Waals surface area contributed by atoms with Crippen LogP contribution in [0.5, 0.6) is 0 Å². The van der Waals surface area contributed by atoms with Gasteiger partial charge < -0.3 is 16.4 Å². The number of nitrogens with two attached hydrogens (primary N) is 1. The molecule has 110 valence electrons. The number of nitrogens with zero attached hydrogens (tertiary/aromatic N) is 1. The van der Waals surface area contributed by atoms with Gasteiger partial charge in [0.05, 0.1) is 5.69 Å². The number of nitrogens with one attached hydrogen (secondary N) is 2. The summed E-state index contributed by atoms with van der Waals surface area (Å²) in [5.74, 6) is 1.18. The van der Waals surface area contributed by atoms with Gasteiger partial charge in [0.25, 0.3) is 0 Å². The maximum Gasteiger partial charge on any atom is 0.223 e. The molecule has 0 aromatic carbocycles. The number of pyridine rings is 1. The van der Waals surface area contributed by atoms with Crippen LogP contribution in [-0.4, -0.2) is 24.0 Å². The van der Waals surface area contributed by atoms with Gasteiger partial charge in [-0.2, -0.15) is 0 Å². The normalized spacial score (nSPS) is 15.8. The molecule has 1 fully saturated rings. The molecule has 0 radical (unpaired) electrons. The van der Waals surface area contributed by atoms with Crippen LogP contribution >= 0.6 is 0 Å². The number of aromatic nitrogens is 1. The molecule has 0 unspecified atom stereocenters. The molecule has 1 aliphatic rings. The van der Waals surface area contributed by atoms with E-state index in [0.29, 0.717) is 18.1 Å². The lowest BCUT2D eigenvalue weighted by Gasteiger charge is -2.20. The third-order valence-corrected chi connectivity index (χ3v) is 3.76. The van der Waals surface area contributed by atoms with Crippen LogP contribution in [0.15, 0.2) is 18.3 Å². The fourth-order valence-electron chi connectivity index (χ4n) is 2.58. The van der Waals surface area contributed by atoms with Gasteiger partial charge in [0.1, 0.15) is 5.82 Å². The first-order valence-corrected chi connectivity index (χ1v) is 7.49. The molecule has 0 bridgehead atoms. The molecule has 1 heterocycles. The summed E-state index contributed by atoms with van der Waals surface area (Å²) >= 11 is 0. The Morgan fingerprint density at radius 2 is 2.10 bits per heavy atom. The summed E-state index contributed by atoms with van der Waals surface area (Å²) in [4.78, 5) is 16.1. The van der Waals surface area contributed by atoms with Crippen molar-refractivity contribution in [2.24, 2.45) is 5.92 Å². The topological polar surface area (TPSA) is 80.0 Å². The molecular weight excluding hydrogens is 252 g/mol. The molecule has 4 N–H and O–H groups in total. The highest BCUT2D eigenvalue weighted by Crippen LogP contribution is 2.23. The Labute approximate surface area is 120 Å². The highest BCUT2D eigenvalue weighted by atomic mass is 16.1. The zero-order valence-electron chi connectivity index (χ0n) is 11.9. The molecule has 0 saturated heterocycles. The van der Waals surface area contributed by atoms with Crippen molar-refractivity contribution >= 4 is 17.4 Å². The van der Waals surface area contributed by atoms with E-state index in [9.17, 15) is 4.79 Å². The summed E-state index contributed by atoms with van der Waals surface area (Å²) in [5, 5.41) is 6.20. The summed E-state index contributed by atoms with van der Waals surface area (Å²) in [6.07, 6.45) is 8.34. The van der Waals surface area contributed by atoms with Crippen molar-refractivity contribution in [2.75, 3.05) is 24.1 Å². The van der Waals surface area contributed by atoms with E-state index in [1.54, 1.807) is 6.20 Å². The number of carbonyl (C=O) groups excluding carboxylic acids is 1. The van der Waals surface area contributed by atoms with Crippen LogP contribution < -0.4 is 16.4 Å². The van der Waals surface area contributed by atoms with Crippen molar-refractivity contribution in [3.63, 3.8) is 0 Å². The van der Waals surface area contributed by atoms with Crippen LogP contribution in [-0.2, 0) is 4.79 Å². The lowest BCUT2D eigenvalue weighted by molar-refractivity contribution is -0.125. The second kappa shape index (κ2) is 7.72. The molecule has 1 saturated carbocycles. The van der Waals surface area contributed by atoms with E-state index in [-0.39, 0.29) is 11.8 Å². The Kier molecular flexibility index (Phi) is 5.65. The maximum absolute atomic E-state index is 11.9. The lowest BCUT2D eigenvalue weighted by Crippen LogP contribution is -2.33. The number of rotatable bonds is 6. The lowest BCUT2D eigenvalue weighted by atomic mass is 9.89. The van der Waals surface area contributed by atoms with Crippen molar-refractivity contribution < 1.29 is 4.79 Å². The SMILES string of the molecule is Nc1cccnc1NCCCNC(=O)C1CCCCC1. The number of carbonyl (C=O) groups is 1. The van der Waals surface area contributed by atoms with Crippen LogP contribution in [0, 0.1) is 5.92 Å². The van der Waals surface area contributed by atoms with Gasteiger partial charge in [-0.15, -0.1) is 0 Å². The number of anilines is 2. The van der Waals surface area contributed by atoms with E-state index in [0.717, 1.165) is 25.8 Å². The Bertz CT molecular complexity index is 430. The summed E-state index contributed by atoms with van der Waals surface area (Å²) in [7, 11) is 0. The molecule has 0 spiro atoms. The van der Waals surface area contributed by atoms with Crippen LogP contribution in [0.1, 0.15) is 38.5 Å². The molecule has 0 aliphatic heterocycles. The molecule has 5 heteroatoms. The summed E-state index contributed by atoms with van der Waals surface area (Å²) in [6.45, 7) is 1.46. The van der Waals surface area contributed by atoms with Crippen molar-refractivity contribution in [3.05, 3.63) is 18.3 Å². The third kappa shape index (κ3) is 4.40. The predicted molar refractivity (Wildman–Crippen MR) is 81.3 cm³/mol. The molecule has 1 amide bonds. The Hall–Kier alpha value is -1.78. The van der Waals surface area contributed by atoms with Crippen molar-refractivity contribution in [3.8, 4) is 0 Å². The standard InChI is InChI=1S/C15H24N4O/c16-13-8-4-9-17-14(13)18-10-5-11-19-15(20)12-6-2-1-3-7-12/h4,8-9,12H,1-3,5-7,10-11,16H2,(H,17,18)(H,19,20). The second-order valence-corrected chi connectivity index (χ2v) is 5.35. The number of nitrogen functional groups attached to an aromatic ring is 1. The smallest absolute Gasteiger partial charge is 0.223 e. The monoisotopic (exact) mass is 276 g/mol. The van der Waals surface area contributed by atoms with Gasteiger partial charge in [-0.3, -0.25) is 4.79 Å². The number of amides is 1. The first-order chi connectivity index (χ1) is 9.77. The van der Waals surface area contributed by atoms with Crippen LogP contribution in [0.25, 0.3) is 0 Å². The molecule has 5 nitrogen and oxygen atoms in total. The van der Waals surface area contributed by atoms with Crippen LogP contribution in [0.3, 0.4) is 0 Å². The first kappa shape index (κ1) is 14.6. The minimum absolute atomic E-state index is 0.224. The minimum atomic E-state index is 0.224. The van der Waals surface area contributed by atoms with Gasteiger partial charge in [0, 0.05) is 25.2 Å². The highest BCUT2D eigenvalue weighted by molar-refractivity contribution is 5.78. The molecule has 1 aliphatic carbocycles. The zero-order chi connectivity index (χ0) is 14.2. The summed E-state index contributed by atoms with van der Waals surface area (Å²) in [5.41, 5.74) is 6.44. The Balaban J connectivity index is 1.59. The molecule has 1 aromatic heterocycles. The number of hydrogen-bond acceptors (Lipinski definition) is 4. The van der Waals surface area contributed by atoms with Gasteiger partial charge in [-0.1, -0.05) is 19.3 Å². The average molecular weight is 276 g/mol. The molecular formula is C15H24N4O. The summed E-state index contributed by atoms with van der Waals surface area (Å²) < 4.78 is 0. The second-order valence-electron chi connectivity index (χ2n) is 5.35. The Morgan fingerprint density at radius 3 is 2.85 bits per heavy atom. The van der Waals surface area contributed by atoms with Gasteiger partial charge in [0.15, 0.2) is 0 Å². The summed E-state index contributed by atoms with van der Waals surface area (Å²) in [6, 6.07) is 3.63. The van der Waals surface area contributed by atoms with E-state index >= 15 is 0 Å². The van der Waals surface area contributed by atoms with Crippen molar-refractivity contribution in [2.45, 2.75) is 38.5 Å². The third-order valence-electron chi connectivity index (χ3n) is 3.76. The van der Waals surface area contributed by atoms with E-state index in [2.05, 4.69) is 15.6 Å².